The molecule has 1 aliphatic carbocycles. The molecular weight excluding hydrogens is 199 g/mol. The highest BCUT2D eigenvalue weighted by Crippen LogP contribution is 2.40. The predicted octanol–water partition coefficient (Wildman–Crippen LogP) is 2.83. The molecule has 0 aromatic carbocycles. The second-order valence-electron chi connectivity index (χ2n) is 3.26. The second-order valence-corrected chi connectivity index (χ2v) is 4.65. The van der Waals surface area contributed by atoms with E-state index >= 15 is 0 Å². The molecule has 0 heterocycles. The van der Waals surface area contributed by atoms with Crippen molar-refractivity contribution in [2.24, 2.45) is 5.92 Å². The van der Waals surface area contributed by atoms with Crippen LogP contribution in [0, 0.1) is 5.92 Å². The fourth-order valence-electron chi connectivity index (χ4n) is 1.64. The molecule has 0 radical (unpaired) electrons. The number of aliphatic carboxylic acids is 1. The molecule has 1 rings (SSSR count). The fraction of sp³-hybridized carbons (Fsp3) is 0.875. The van der Waals surface area contributed by atoms with E-state index in [-0.39, 0.29) is 5.92 Å². The average molecular weight is 211 g/mol. The van der Waals surface area contributed by atoms with Crippen LogP contribution in [-0.4, -0.2) is 15.4 Å². The van der Waals surface area contributed by atoms with Crippen LogP contribution in [0.15, 0.2) is 0 Å². The summed E-state index contributed by atoms with van der Waals surface area (Å²) in [5.41, 5.74) is 0. The summed E-state index contributed by atoms with van der Waals surface area (Å²) >= 11 is 11.4. The summed E-state index contributed by atoms with van der Waals surface area (Å²) in [6.07, 6.45) is 4.91. The minimum absolute atomic E-state index is 0.0768. The van der Waals surface area contributed by atoms with Gasteiger partial charge in [0.15, 0.2) is 0 Å². The standard InChI is InChI=1S/C8H12Cl2O2/c9-8(10,7(11)12)6-4-2-1-3-5-6/h6H,1-5H2,(H,11,12). The Kier molecular flexibility index (Phi) is 3.24. The summed E-state index contributed by atoms with van der Waals surface area (Å²) in [6.45, 7) is 0. The number of hydrogen-bond donors (Lipinski definition) is 1. The van der Waals surface area contributed by atoms with Crippen LogP contribution in [0.2, 0.25) is 0 Å². The lowest BCUT2D eigenvalue weighted by Crippen LogP contribution is -2.35. The molecule has 1 saturated carbocycles. The number of carboxylic acid groups (broad SMARTS) is 1. The maximum absolute atomic E-state index is 10.7. The van der Waals surface area contributed by atoms with E-state index in [2.05, 4.69) is 0 Å². The number of carboxylic acids is 1. The van der Waals surface area contributed by atoms with Crippen molar-refractivity contribution in [3.8, 4) is 0 Å². The SMILES string of the molecule is O=C(O)C(Cl)(Cl)C1CCCCC1. The Morgan fingerprint density at radius 1 is 1.25 bits per heavy atom. The number of halogens is 2. The van der Waals surface area contributed by atoms with Crippen molar-refractivity contribution in [1.82, 2.24) is 0 Å². The third-order valence-corrected chi connectivity index (χ3v) is 3.34. The number of hydrogen-bond acceptors (Lipinski definition) is 1. The molecule has 0 spiro atoms. The van der Waals surface area contributed by atoms with Crippen molar-refractivity contribution in [2.75, 3.05) is 0 Å². The Balaban J connectivity index is 2.59. The van der Waals surface area contributed by atoms with Crippen LogP contribution in [0.4, 0.5) is 0 Å². The van der Waals surface area contributed by atoms with E-state index in [1.807, 2.05) is 0 Å². The van der Waals surface area contributed by atoms with E-state index in [9.17, 15) is 4.79 Å². The summed E-state index contributed by atoms with van der Waals surface area (Å²) in [6, 6.07) is 0. The molecule has 1 N–H and O–H groups in total. The zero-order chi connectivity index (χ0) is 9.19. The van der Waals surface area contributed by atoms with Gasteiger partial charge < -0.3 is 5.11 Å². The van der Waals surface area contributed by atoms with E-state index in [0.717, 1.165) is 25.7 Å². The Bertz CT molecular complexity index is 174. The van der Waals surface area contributed by atoms with Gasteiger partial charge in [-0.1, -0.05) is 42.5 Å². The zero-order valence-electron chi connectivity index (χ0n) is 6.72. The molecule has 1 fully saturated rings. The van der Waals surface area contributed by atoms with Crippen molar-refractivity contribution in [3.05, 3.63) is 0 Å². The first kappa shape index (κ1) is 10.1. The van der Waals surface area contributed by atoms with E-state index < -0.39 is 10.3 Å². The molecule has 12 heavy (non-hydrogen) atoms. The summed E-state index contributed by atoms with van der Waals surface area (Å²) < 4.78 is -1.57. The van der Waals surface area contributed by atoms with Crippen LogP contribution in [0.3, 0.4) is 0 Å². The molecule has 2 nitrogen and oxygen atoms in total. The molecule has 4 heteroatoms. The minimum Gasteiger partial charge on any atom is -0.479 e. The van der Waals surface area contributed by atoms with Gasteiger partial charge in [0.05, 0.1) is 0 Å². The van der Waals surface area contributed by atoms with Crippen molar-refractivity contribution in [3.63, 3.8) is 0 Å². The first-order valence-electron chi connectivity index (χ1n) is 4.16. The molecule has 70 valence electrons. The maximum atomic E-state index is 10.7. The highest BCUT2D eigenvalue weighted by Gasteiger charge is 2.42. The van der Waals surface area contributed by atoms with Crippen LogP contribution in [0.1, 0.15) is 32.1 Å². The normalized spacial score (nSPS) is 20.8. The van der Waals surface area contributed by atoms with Crippen LogP contribution in [0.25, 0.3) is 0 Å². The van der Waals surface area contributed by atoms with Crippen LogP contribution >= 0.6 is 23.2 Å². The third kappa shape index (κ3) is 2.05. The zero-order valence-corrected chi connectivity index (χ0v) is 8.24. The van der Waals surface area contributed by atoms with E-state index in [4.69, 9.17) is 28.3 Å². The summed E-state index contributed by atoms with van der Waals surface area (Å²) in [5.74, 6) is -1.19. The van der Waals surface area contributed by atoms with Gasteiger partial charge >= 0.3 is 5.97 Å². The van der Waals surface area contributed by atoms with Crippen LogP contribution < -0.4 is 0 Å². The lowest BCUT2D eigenvalue weighted by molar-refractivity contribution is -0.139. The van der Waals surface area contributed by atoms with Gasteiger partial charge in [-0.2, -0.15) is 0 Å². The number of carbonyl (C=O) groups is 1. The molecule has 0 aliphatic heterocycles. The summed E-state index contributed by atoms with van der Waals surface area (Å²) in [5, 5.41) is 8.73. The molecule has 0 amide bonds. The van der Waals surface area contributed by atoms with Crippen LogP contribution in [-0.2, 0) is 4.79 Å². The molecule has 0 bridgehead atoms. The smallest absolute Gasteiger partial charge is 0.340 e. The molecule has 0 unspecified atom stereocenters. The van der Waals surface area contributed by atoms with Gasteiger partial charge in [-0.25, -0.2) is 4.79 Å². The Labute approximate surface area is 81.9 Å². The van der Waals surface area contributed by atoms with Gasteiger partial charge in [0, 0.05) is 5.92 Å². The fourth-order valence-corrected chi connectivity index (χ4v) is 2.08. The highest BCUT2D eigenvalue weighted by molar-refractivity contribution is 6.57. The molecule has 0 atom stereocenters. The van der Waals surface area contributed by atoms with E-state index in [1.165, 1.54) is 6.42 Å². The Morgan fingerprint density at radius 2 is 1.75 bits per heavy atom. The summed E-state index contributed by atoms with van der Waals surface area (Å²) in [7, 11) is 0. The molecule has 1 aliphatic rings. The molecule has 0 aromatic heterocycles. The van der Waals surface area contributed by atoms with Crippen molar-refractivity contribution in [2.45, 2.75) is 36.4 Å². The number of rotatable bonds is 2. The quantitative estimate of drug-likeness (QED) is 0.713. The minimum atomic E-state index is -1.57. The molecule has 0 saturated heterocycles. The highest BCUT2D eigenvalue weighted by atomic mass is 35.5. The maximum Gasteiger partial charge on any atom is 0.340 e. The lowest BCUT2D eigenvalue weighted by Gasteiger charge is -2.29. The van der Waals surface area contributed by atoms with Gasteiger partial charge in [0.2, 0.25) is 4.33 Å². The van der Waals surface area contributed by atoms with E-state index in [1.54, 1.807) is 0 Å². The number of alkyl halides is 2. The summed E-state index contributed by atoms with van der Waals surface area (Å²) in [4.78, 5) is 10.7. The van der Waals surface area contributed by atoms with Crippen molar-refractivity contribution in [1.29, 1.82) is 0 Å². The second kappa shape index (κ2) is 3.84. The lowest BCUT2D eigenvalue weighted by atomic mass is 9.86. The molecular formula is C8H12Cl2O2. The van der Waals surface area contributed by atoms with Crippen molar-refractivity contribution < 1.29 is 9.90 Å². The first-order chi connectivity index (χ1) is 5.55. The monoisotopic (exact) mass is 210 g/mol. The largest absolute Gasteiger partial charge is 0.479 e. The Hall–Kier alpha value is 0.0500. The predicted molar refractivity (Wildman–Crippen MR) is 48.6 cm³/mol. The molecule has 0 aromatic rings. The van der Waals surface area contributed by atoms with E-state index in [0.29, 0.717) is 0 Å². The van der Waals surface area contributed by atoms with Gasteiger partial charge in [-0.3, -0.25) is 0 Å². The van der Waals surface area contributed by atoms with Crippen LogP contribution in [0.5, 0.6) is 0 Å². The van der Waals surface area contributed by atoms with Crippen molar-refractivity contribution >= 4 is 29.2 Å². The topological polar surface area (TPSA) is 37.3 Å². The third-order valence-electron chi connectivity index (χ3n) is 2.40. The first-order valence-corrected chi connectivity index (χ1v) is 4.92. The van der Waals surface area contributed by atoms with Gasteiger partial charge in [0.25, 0.3) is 0 Å². The van der Waals surface area contributed by atoms with Gasteiger partial charge in [0.1, 0.15) is 0 Å². The average Bonchev–Trinajstić information content (AvgIpc) is 2.06. The van der Waals surface area contributed by atoms with Gasteiger partial charge in [-0.05, 0) is 12.8 Å². The Morgan fingerprint density at radius 3 is 2.17 bits per heavy atom. The van der Waals surface area contributed by atoms with Gasteiger partial charge in [-0.15, -0.1) is 0 Å².